The number of aromatic hydroxyl groups is 1. The Bertz CT molecular complexity index is 1590. The van der Waals surface area contributed by atoms with Crippen LogP contribution in [0.2, 0.25) is 0 Å². The van der Waals surface area contributed by atoms with E-state index in [0.717, 1.165) is 0 Å². The van der Waals surface area contributed by atoms with Gasteiger partial charge in [-0.2, -0.15) is 0 Å². The molecule has 41 heavy (non-hydrogen) atoms. The van der Waals surface area contributed by atoms with Crippen LogP contribution in [0.4, 0.5) is 17.1 Å². The number of nitrogens with zero attached hydrogens (tertiary/aromatic N) is 2. The number of phenols is 1. The fraction of sp³-hybridized carbons (Fsp3) is 0.321. The van der Waals surface area contributed by atoms with Crippen LogP contribution in [0.5, 0.6) is 5.75 Å². The lowest BCUT2D eigenvalue weighted by molar-refractivity contribution is -0.384. The van der Waals surface area contributed by atoms with Crippen LogP contribution >= 0.6 is 0 Å². The minimum absolute atomic E-state index is 0.0328. The van der Waals surface area contributed by atoms with Crippen molar-refractivity contribution in [2.75, 3.05) is 24.3 Å². The molecule has 0 spiro atoms. The zero-order valence-corrected chi connectivity index (χ0v) is 22.2. The van der Waals surface area contributed by atoms with Gasteiger partial charge in [0.2, 0.25) is 5.78 Å². The fourth-order valence-electron chi connectivity index (χ4n) is 6.14. The Kier molecular flexibility index (Phi) is 6.49. The number of Topliss-reactive ketones (excluding diaryl/α,β-unsaturated/α-hetero) is 2. The van der Waals surface area contributed by atoms with Gasteiger partial charge in [0, 0.05) is 56.4 Å². The molecule has 1 saturated carbocycles. The lowest BCUT2D eigenvalue weighted by Gasteiger charge is -2.46. The molecule has 1 fully saturated rings. The molecule has 2 aromatic carbocycles. The van der Waals surface area contributed by atoms with Gasteiger partial charge in [-0.15, -0.1) is 0 Å². The monoisotopic (exact) mass is 564 g/mol. The van der Waals surface area contributed by atoms with Crippen LogP contribution in [0.25, 0.3) is 5.76 Å². The molecule has 3 aliphatic carbocycles. The summed E-state index contributed by atoms with van der Waals surface area (Å²) in [6, 6.07) is 7.50. The van der Waals surface area contributed by atoms with E-state index < -0.39 is 56.9 Å². The molecule has 1 amide bonds. The Morgan fingerprint density at radius 3 is 2.41 bits per heavy atom. The molecule has 0 unspecified atom stereocenters. The molecular formula is C28H28N4O9. The molecule has 214 valence electrons. The molecule has 5 rings (SSSR count). The number of hydrogen-bond acceptors (Lipinski definition) is 11. The van der Waals surface area contributed by atoms with Crippen LogP contribution in [0, 0.1) is 22.0 Å². The van der Waals surface area contributed by atoms with Crippen molar-refractivity contribution < 1.29 is 39.7 Å². The number of primary amides is 1. The number of nitro groups is 1. The number of ketones is 2. The lowest BCUT2D eigenvalue weighted by Crippen LogP contribution is -2.58. The van der Waals surface area contributed by atoms with Gasteiger partial charge in [0.1, 0.15) is 22.8 Å². The standard InChI is InChI=1S/C28H28N4O9/c1-31(2)18-10-17(30-11-12-3-5-15(6-4-12)32(40)41)23(34)21-16(18)8-13-7-14-9-19(33)22(27(29)38)26(37)28(14,39)25(36)20(13)24(21)35/h3-6,10,13-14,30,34-35,37,39H,7-9,11H2,1-2H3,(H2,29,38)/t13-,14+,28+/m1/s1. The topological polar surface area (TPSA) is 217 Å². The first-order chi connectivity index (χ1) is 19.3. The van der Waals surface area contributed by atoms with Gasteiger partial charge in [0.05, 0.1) is 16.2 Å². The van der Waals surface area contributed by atoms with Crippen molar-refractivity contribution in [3.63, 3.8) is 0 Å². The van der Waals surface area contributed by atoms with Crippen molar-refractivity contribution in [1.82, 2.24) is 0 Å². The Balaban J connectivity index is 1.59. The molecule has 0 aliphatic heterocycles. The van der Waals surface area contributed by atoms with Crippen molar-refractivity contribution >= 4 is 40.3 Å². The highest BCUT2D eigenvalue weighted by atomic mass is 16.6. The van der Waals surface area contributed by atoms with Gasteiger partial charge >= 0.3 is 0 Å². The molecule has 2 aromatic rings. The lowest BCUT2D eigenvalue weighted by atomic mass is 9.59. The number of amides is 1. The summed E-state index contributed by atoms with van der Waals surface area (Å²) in [5.41, 5.74) is 3.47. The number of nitro benzene ring substituents is 1. The first kappa shape index (κ1) is 27.6. The molecule has 3 aliphatic rings. The zero-order valence-electron chi connectivity index (χ0n) is 22.2. The van der Waals surface area contributed by atoms with E-state index in [1.165, 1.54) is 12.1 Å². The van der Waals surface area contributed by atoms with Gasteiger partial charge in [-0.1, -0.05) is 12.1 Å². The van der Waals surface area contributed by atoms with Crippen molar-refractivity contribution in [2.24, 2.45) is 17.6 Å². The third-order valence-corrected chi connectivity index (χ3v) is 8.15. The Hall–Kier alpha value is -4.91. The third kappa shape index (κ3) is 4.16. The van der Waals surface area contributed by atoms with E-state index in [2.05, 4.69) is 5.32 Å². The predicted octanol–water partition coefficient (Wildman–Crippen LogP) is 2.01. The summed E-state index contributed by atoms with van der Waals surface area (Å²) < 4.78 is 0. The Morgan fingerprint density at radius 1 is 1.17 bits per heavy atom. The van der Waals surface area contributed by atoms with Crippen molar-refractivity contribution in [2.45, 2.75) is 31.4 Å². The van der Waals surface area contributed by atoms with E-state index >= 15 is 0 Å². The van der Waals surface area contributed by atoms with Gasteiger partial charge < -0.3 is 36.4 Å². The van der Waals surface area contributed by atoms with E-state index in [0.29, 0.717) is 16.8 Å². The maximum Gasteiger partial charge on any atom is 0.269 e. The number of rotatable bonds is 6. The van der Waals surface area contributed by atoms with Crippen molar-refractivity contribution in [3.05, 3.63) is 74.0 Å². The van der Waals surface area contributed by atoms with E-state index in [1.807, 2.05) is 0 Å². The van der Waals surface area contributed by atoms with E-state index in [4.69, 9.17) is 5.73 Å². The van der Waals surface area contributed by atoms with Crippen LogP contribution in [-0.2, 0) is 27.3 Å². The summed E-state index contributed by atoms with van der Waals surface area (Å²) in [6.45, 7) is 0.167. The molecule has 0 saturated heterocycles. The second-order valence-electron chi connectivity index (χ2n) is 10.7. The first-order valence-electron chi connectivity index (χ1n) is 12.8. The number of non-ortho nitro benzene ring substituents is 1. The predicted molar refractivity (Wildman–Crippen MR) is 146 cm³/mol. The highest BCUT2D eigenvalue weighted by Gasteiger charge is 2.60. The summed E-state index contributed by atoms with van der Waals surface area (Å²) in [5, 5.41) is 58.9. The minimum atomic E-state index is -2.64. The molecular weight excluding hydrogens is 536 g/mol. The number of carbonyl (C=O) groups excluding carboxylic acids is 3. The van der Waals surface area contributed by atoms with Crippen LogP contribution in [0.15, 0.2) is 47.2 Å². The number of fused-ring (bicyclic) bond motifs is 3. The maximum atomic E-state index is 13.7. The van der Waals surface area contributed by atoms with Gasteiger partial charge in [-0.05, 0) is 36.0 Å². The highest BCUT2D eigenvalue weighted by molar-refractivity contribution is 6.22. The number of hydrogen-bond donors (Lipinski definition) is 6. The molecule has 0 heterocycles. The Morgan fingerprint density at radius 2 is 1.83 bits per heavy atom. The van der Waals surface area contributed by atoms with Gasteiger partial charge in [-0.3, -0.25) is 24.5 Å². The molecule has 0 aromatic heterocycles. The summed E-state index contributed by atoms with van der Waals surface area (Å²) in [7, 11) is 3.53. The molecule has 3 atom stereocenters. The smallest absolute Gasteiger partial charge is 0.269 e. The average molecular weight is 565 g/mol. The molecule has 0 bridgehead atoms. The van der Waals surface area contributed by atoms with Crippen LogP contribution in [0.1, 0.15) is 29.5 Å². The normalized spacial score (nSPS) is 23.5. The minimum Gasteiger partial charge on any atom is -0.508 e. The largest absolute Gasteiger partial charge is 0.508 e. The summed E-state index contributed by atoms with van der Waals surface area (Å²) in [5.74, 6) is -6.90. The number of benzene rings is 2. The van der Waals surface area contributed by atoms with Crippen molar-refractivity contribution in [1.29, 1.82) is 0 Å². The van der Waals surface area contributed by atoms with Gasteiger partial charge in [-0.25, -0.2) is 0 Å². The number of nitrogens with one attached hydrogen (secondary N) is 1. The summed E-state index contributed by atoms with van der Waals surface area (Å²) in [6.07, 6.45) is -0.173. The summed E-state index contributed by atoms with van der Waals surface area (Å²) in [4.78, 5) is 50.3. The van der Waals surface area contributed by atoms with Crippen LogP contribution < -0.4 is 16.0 Å². The Labute approximate surface area is 233 Å². The number of anilines is 2. The van der Waals surface area contributed by atoms with Gasteiger partial charge in [0.15, 0.2) is 11.4 Å². The number of nitrogens with two attached hydrogens (primary N) is 1. The zero-order chi connectivity index (χ0) is 30.0. The number of aliphatic hydroxyl groups is 3. The van der Waals surface area contributed by atoms with Crippen LogP contribution in [-0.4, -0.2) is 62.5 Å². The fourth-order valence-corrected chi connectivity index (χ4v) is 6.14. The van der Waals surface area contributed by atoms with E-state index in [-0.39, 0.29) is 54.1 Å². The maximum absolute atomic E-state index is 13.7. The molecule has 13 heteroatoms. The SMILES string of the molecule is CN(C)c1cc(NCc2ccc([N+](=O)[O-])cc2)c(O)c2c1C[C@H]1C[C@H]3CC(=O)C(C(N)=O)=C(O)[C@@]3(O)C(=O)C1=C2O. The molecule has 7 N–H and O–H groups in total. The second-order valence-corrected chi connectivity index (χ2v) is 10.7. The van der Waals surface area contributed by atoms with E-state index in [9.17, 15) is 44.9 Å². The van der Waals surface area contributed by atoms with Gasteiger partial charge in [0.25, 0.3) is 11.6 Å². The molecule has 0 radical (unpaired) electrons. The quantitative estimate of drug-likeness (QED) is 0.129. The average Bonchev–Trinajstić information content (AvgIpc) is 2.90. The number of carbonyl (C=O) groups is 3. The highest BCUT2D eigenvalue weighted by Crippen LogP contribution is 2.54. The third-order valence-electron chi connectivity index (χ3n) is 8.15. The second kappa shape index (κ2) is 9.63. The number of aliphatic hydroxyl groups excluding tert-OH is 2. The van der Waals surface area contributed by atoms with Crippen molar-refractivity contribution in [3.8, 4) is 5.75 Å². The first-order valence-corrected chi connectivity index (χ1v) is 12.8. The van der Waals surface area contributed by atoms with E-state index in [1.54, 1.807) is 37.2 Å². The molecule has 13 nitrogen and oxygen atoms in total. The summed E-state index contributed by atoms with van der Waals surface area (Å²) >= 11 is 0. The number of phenolic OH excluding ortho intramolecular Hbond substituents is 1. The van der Waals surface area contributed by atoms with Crippen LogP contribution in [0.3, 0.4) is 0 Å².